The summed E-state index contributed by atoms with van der Waals surface area (Å²) in [7, 11) is 0. The van der Waals surface area contributed by atoms with Crippen molar-refractivity contribution < 1.29 is 18.4 Å². The molecule has 2 aliphatic heterocycles. The third-order valence-electron chi connectivity index (χ3n) is 5.25. The van der Waals surface area contributed by atoms with Gasteiger partial charge in [0.1, 0.15) is 11.6 Å². The van der Waals surface area contributed by atoms with E-state index < -0.39 is 17.7 Å². The van der Waals surface area contributed by atoms with Crippen molar-refractivity contribution in [3.63, 3.8) is 0 Å². The van der Waals surface area contributed by atoms with Crippen molar-refractivity contribution in [3.8, 4) is 0 Å². The smallest absolute Gasteiger partial charge is 0.247 e. The molecule has 0 saturated carbocycles. The molecule has 3 N–H and O–H groups in total. The van der Waals surface area contributed by atoms with Crippen LogP contribution in [0.3, 0.4) is 0 Å². The number of nitrogens with one attached hydrogen (secondary N) is 3. The molecule has 26 heavy (non-hydrogen) atoms. The zero-order valence-corrected chi connectivity index (χ0v) is 14.9. The van der Waals surface area contributed by atoms with Crippen LogP contribution in [0, 0.1) is 17.6 Å². The zero-order chi connectivity index (χ0) is 18.8. The lowest BCUT2D eigenvalue weighted by Gasteiger charge is -2.38. The third-order valence-corrected chi connectivity index (χ3v) is 5.25. The van der Waals surface area contributed by atoms with E-state index in [-0.39, 0.29) is 35.8 Å². The molecule has 3 atom stereocenters. The molecular weight excluding hydrogens is 340 g/mol. The van der Waals surface area contributed by atoms with Gasteiger partial charge in [0, 0.05) is 35.7 Å². The van der Waals surface area contributed by atoms with Gasteiger partial charge in [-0.1, -0.05) is 11.6 Å². The quantitative estimate of drug-likeness (QED) is 0.766. The van der Waals surface area contributed by atoms with Crippen molar-refractivity contribution in [2.75, 3.05) is 13.1 Å². The highest BCUT2D eigenvalue weighted by atomic mass is 19.1. The number of hydrogen-bond donors (Lipinski definition) is 3. The van der Waals surface area contributed by atoms with Gasteiger partial charge in [0.25, 0.3) is 0 Å². The van der Waals surface area contributed by atoms with Crippen LogP contribution in [-0.2, 0) is 9.59 Å². The van der Waals surface area contributed by atoms with E-state index in [0.29, 0.717) is 5.57 Å². The largest absolute Gasteiger partial charge is 0.349 e. The monoisotopic (exact) mass is 363 g/mol. The summed E-state index contributed by atoms with van der Waals surface area (Å²) in [6, 6.07) is 2.74. The minimum atomic E-state index is -0.709. The fourth-order valence-corrected chi connectivity index (χ4v) is 3.75. The summed E-state index contributed by atoms with van der Waals surface area (Å²) in [6.07, 6.45) is 0.808. The van der Waals surface area contributed by atoms with Crippen LogP contribution in [0.2, 0.25) is 0 Å². The lowest BCUT2D eigenvalue weighted by molar-refractivity contribution is -0.124. The van der Waals surface area contributed by atoms with Crippen LogP contribution in [0.25, 0.3) is 0 Å². The van der Waals surface area contributed by atoms with Crippen molar-refractivity contribution in [3.05, 3.63) is 46.5 Å². The van der Waals surface area contributed by atoms with Crippen LogP contribution in [0.15, 0.2) is 29.3 Å². The molecule has 0 bridgehead atoms. The Bertz CT molecular complexity index is 763. The molecule has 2 aliphatic rings. The predicted molar refractivity (Wildman–Crippen MR) is 93.1 cm³/mol. The number of carbonyl (C=O) groups is 2. The highest BCUT2D eigenvalue weighted by molar-refractivity contribution is 6.00. The Kier molecular flexibility index (Phi) is 5.36. The number of piperidine rings is 1. The molecule has 0 aliphatic carbocycles. The van der Waals surface area contributed by atoms with Crippen molar-refractivity contribution >= 4 is 11.8 Å². The van der Waals surface area contributed by atoms with E-state index in [0.717, 1.165) is 37.2 Å². The number of rotatable bonds is 4. The highest BCUT2D eigenvalue weighted by Gasteiger charge is 2.35. The van der Waals surface area contributed by atoms with Gasteiger partial charge in [-0.25, -0.2) is 8.78 Å². The molecule has 1 aromatic rings. The Balaban J connectivity index is 1.69. The summed E-state index contributed by atoms with van der Waals surface area (Å²) in [5.74, 6) is -1.76. The van der Waals surface area contributed by atoms with Gasteiger partial charge >= 0.3 is 0 Å². The number of amides is 2. The lowest BCUT2D eigenvalue weighted by Crippen LogP contribution is -2.53. The first kappa shape index (κ1) is 18.5. The van der Waals surface area contributed by atoms with Crippen LogP contribution in [0.1, 0.15) is 38.3 Å². The maximum atomic E-state index is 13.8. The van der Waals surface area contributed by atoms with E-state index in [1.165, 1.54) is 6.07 Å². The first-order chi connectivity index (χ1) is 12.4. The van der Waals surface area contributed by atoms with Crippen molar-refractivity contribution in [2.24, 2.45) is 5.92 Å². The SMILES string of the molecule is CC1=C(CC(=O)N[C@@H](C)c2ccc(F)cc2F)C(=O)NC2CCNCC12. The average molecular weight is 363 g/mol. The van der Waals surface area contributed by atoms with Gasteiger partial charge in [0.15, 0.2) is 0 Å². The first-order valence-electron chi connectivity index (χ1n) is 8.82. The molecule has 5 nitrogen and oxygen atoms in total. The van der Waals surface area contributed by atoms with E-state index in [1.807, 2.05) is 6.92 Å². The molecule has 1 aromatic carbocycles. The average Bonchev–Trinajstić information content (AvgIpc) is 2.58. The Morgan fingerprint density at radius 1 is 1.38 bits per heavy atom. The summed E-state index contributed by atoms with van der Waals surface area (Å²) in [6.45, 7) is 5.16. The molecular formula is C19H23F2N3O2. The lowest BCUT2D eigenvalue weighted by atomic mass is 9.81. The van der Waals surface area contributed by atoms with Gasteiger partial charge in [0.2, 0.25) is 11.8 Å². The maximum absolute atomic E-state index is 13.8. The minimum Gasteiger partial charge on any atom is -0.349 e. The van der Waals surface area contributed by atoms with E-state index in [2.05, 4.69) is 16.0 Å². The van der Waals surface area contributed by atoms with Crippen LogP contribution in [0.4, 0.5) is 8.78 Å². The topological polar surface area (TPSA) is 70.2 Å². The Hall–Kier alpha value is -2.28. The van der Waals surface area contributed by atoms with E-state index in [9.17, 15) is 18.4 Å². The summed E-state index contributed by atoms with van der Waals surface area (Å²) in [5.41, 5.74) is 1.61. The molecule has 0 radical (unpaired) electrons. The number of hydrogen-bond acceptors (Lipinski definition) is 3. The fraction of sp³-hybridized carbons (Fsp3) is 0.474. The summed E-state index contributed by atoms with van der Waals surface area (Å²) >= 11 is 0. The second-order valence-electron chi connectivity index (χ2n) is 6.97. The second kappa shape index (κ2) is 7.53. The van der Waals surface area contributed by atoms with Gasteiger partial charge in [-0.2, -0.15) is 0 Å². The molecule has 2 heterocycles. The van der Waals surface area contributed by atoms with E-state index >= 15 is 0 Å². The van der Waals surface area contributed by atoms with Crippen molar-refractivity contribution in [2.45, 2.75) is 38.8 Å². The number of fused-ring (bicyclic) bond motifs is 1. The molecule has 2 unspecified atom stereocenters. The molecule has 1 saturated heterocycles. The minimum absolute atomic E-state index is 0.0615. The van der Waals surface area contributed by atoms with Gasteiger partial charge in [-0.3, -0.25) is 9.59 Å². The normalized spacial score (nSPS) is 23.9. The number of halogens is 2. The molecule has 3 rings (SSSR count). The van der Waals surface area contributed by atoms with Crippen molar-refractivity contribution in [1.29, 1.82) is 0 Å². The molecule has 2 amide bonds. The highest BCUT2D eigenvalue weighted by Crippen LogP contribution is 2.29. The summed E-state index contributed by atoms with van der Waals surface area (Å²) < 4.78 is 26.9. The van der Waals surface area contributed by atoms with Crippen LogP contribution >= 0.6 is 0 Å². The Morgan fingerprint density at radius 2 is 2.15 bits per heavy atom. The predicted octanol–water partition coefficient (Wildman–Crippen LogP) is 1.96. The molecule has 0 spiro atoms. The zero-order valence-electron chi connectivity index (χ0n) is 14.9. The maximum Gasteiger partial charge on any atom is 0.247 e. The molecule has 0 aromatic heterocycles. The van der Waals surface area contributed by atoms with E-state index in [4.69, 9.17) is 0 Å². The second-order valence-corrected chi connectivity index (χ2v) is 6.97. The Morgan fingerprint density at radius 3 is 2.88 bits per heavy atom. The van der Waals surface area contributed by atoms with Crippen LogP contribution in [-0.4, -0.2) is 30.9 Å². The first-order valence-corrected chi connectivity index (χ1v) is 8.82. The Labute approximate surface area is 151 Å². The van der Waals surface area contributed by atoms with E-state index in [1.54, 1.807) is 6.92 Å². The van der Waals surface area contributed by atoms with Gasteiger partial charge < -0.3 is 16.0 Å². The molecule has 140 valence electrons. The molecule has 7 heteroatoms. The fourth-order valence-electron chi connectivity index (χ4n) is 3.75. The summed E-state index contributed by atoms with van der Waals surface area (Å²) in [4.78, 5) is 24.8. The number of carbonyl (C=O) groups excluding carboxylic acids is 2. The van der Waals surface area contributed by atoms with Crippen molar-refractivity contribution in [1.82, 2.24) is 16.0 Å². The van der Waals surface area contributed by atoms with Crippen LogP contribution < -0.4 is 16.0 Å². The van der Waals surface area contributed by atoms with Crippen LogP contribution in [0.5, 0.6) is 0 Å². The standard InChI is InChI=1S/C19H23F2N3O2/c1-10-14(19(26)24-17-5-6-22-9-15(10)17)8-18(25)23-11(2)13-4-3-12(20)7-16(13)21/h3-4,7,11,15,17,22H,5-6,8-9H2,1-2H3,(H,23,25)(H,24,26)/t11-,15?,17?/m0/s1. The van der Waals surface area contributed by atoms with Gasteiger partial charge in [-0.05, 0) is 32.9 Å². The third kappa shape index (κ3) is 3.77. The van der Waals surface area contributed by atoms with Gasteiger partial charge in [-0.15, -0.1) is 0 Å². The summed E-state index contributed by atoms with van der Waals surface area (Å²) in [5, 5.41) is 8.98. The number of benzene rings is 1. The molecule has 1 fully saturated rings. The van der Waals surface area contributed by atoms with Gasteiger partial charge in [0.05, 0.1) is 12.5 Å².